The van der Waals surface area contributed by atoms with Crippen molar-refractivity contribution in [2.24, 2.45) is 0 Å². The predicted octanol–water partition coefficient (Wildman–Crippen LogP) is 3.91. The standard InChI is InChI=1S/C20H19ClN4O5S3/c1-3-31-20-24-23-19(32-20)22-18(26)17-11-25(15-10-12(21)4-9-16(15)30-17)33(27,28)14-7-5-13(29-2)6-8-14/h4-10,17H,3,11H2,1-2H3,(H,22,23,26)/t17-/m1/s1. The maximum Gasteiger partial charge on any atom is 0.269 e. The van der Waals surface area contributed by atoms with Gasteiger partial charge in [0.2, 0.25) is 5.13 Å². The van der Waals surface area contributed by atoms with Crippen molar-refractivity contribution in [1.29, 1.82) is 0 Å². The van der Waals surface area contributed by atoms with Gasteiger partial charge in [-0.15, -0.1) is 10.2 Å². The summed E-state index contributed by atoms with van der Waals surface area (Å²) in [5.74, 6) is 1.04. The van der Waals surface area contributed by atoms with Crippen molar-refractivity contribution in [3.05, 3.63) is 47.5 Å². The zero-order chi connectivity index (χ0) is 23.6. The number of methoxy groups -OCH3 is 1. The number of sulfonamides is 1. The molecule has 9 nitrogen and oxygen atoms in total. The molecule has 0 aliphatic carbocycles. The fourth-order valence-electron chi connectivity index (χ4n) is 3.09. The number of rotatable bonds is 7. The van der Waals surface area contributed by atoms with Gasteiger partial charge in [0.05, 0.1) is 24.2 Å². The summed E-state index contributed by atoms with van der Waals surface area (Å²) in [5.41, 5.74) is 0.250. The van der Waals surface area contributed by atoms with Crippen LogP contribution in [0, 0.1) is 0 Å². The highest BCUT2D eigenvalue weighted by Crippen LogP contribution is 2.39. The third-order valence-electron chi connectivity index (χ3n) is 4.63. The van der Waals surface area contributed by atoms with E-state index in [0.717, 1.165) is 14.4 Å². The van der Waals surface area contributed by atoms with Gasteiger partial charge >= 0.3 is 0 Å². The number of nitrogens with zero attached hydrogens (tertiary/aromatic N) is 3. The molecule has 33 heavy (non-hydrogen) atoms. The smallest absolute Gasteiger partial charge is 0.269 e. The molecule has 1 N–H and O–H groups in total. The minimum Gasteiger partial charge on any atom is -0.497 e. The van der Waals surface area contributed by atoms with E-state index in [1.165, 1.54) is 54.5 Å². The van der Waals surface area contributed by atoms with Gasteiger partial charge in [-0.1, -0.05) is 41.6 Å². The summed E-state index contributed by atoms with van der Waals surface area (Å²) < 4.78 is 39.8. The van der Waals surface area contributed by atoms with Crippen LogP contribution in [-0.2, 0) is 14.8 Å². The Morgan fingerprint density at radius 2 is 2.06 bits per heavy atom. The number of nitrogens with one attached hydrogen (secondary N) is 1. The Hall–Kier alpha value is -2.54. The van der Waals surface area contributed by atoms with Crippen molar-refractivity contribution in [2.45, 2.75) is 22.3 Å². The van der Waals surface area contributed by atoms with Crippen LogP contribution in [0.15, 0.2) is 51.7 Å². The van der Waals surface area contributed by atoms with Crippen molar-refractivity contribution in [2.75, 3.05) is 29.0 Å². The monoisotopic (exact) mass is 526 g/mol. The van der Waals surface area contributed by atoms with Gasteiger partial charge in [0, 0.05) is 5.02 Å². The number of carbonyl (C=O) groups excluding carboxylic acids is 1. The molecule has 1 aromatic heterocycles. The van der Waals surface area contributed by atoms with Crippen LogP contribution in [0.3, 0.4) is 0 Å². The molecule has 0 saturated heterocycles. The van der Waals surface area contributed by atoms with Gasteiger partial charge in [-0.2, -0.15) is 0 Å². The minimum atomic E-state index is -4.03. The molecule has 1 aliphatic heterocycles. The van der Waals surface area contributed by atoms with E-state index in [0.29, 0.717) is 15.9 Å². The van der Waals surface area contributed by atoms with E-state index in [-0.39, 0.29) is 22.9 Å². The summed E-state index contributed by atoms with van der Waals surface area (Å²) in [4.78, 5) is 13.0. The van der Waals surface area contributed by atoms with Gasteiger partial charge in [0.25, 0.3) is 15.9 Å². The Balaban J connectivity index is 1.64. The van der Waals surface area contributed by atoms with Crippen LogP contribution in [0.25, 0.3) is 0 Å². The minimum absolute atomic E-state index is 0.0423. The molecule has 0 radical (unpaired) electrons. The molecular weight excluding hydrogens is 508 g/mol. The molecule has 1 aliphatic rings. The highest BCUT2D eigenvalue weighted by molar-refractivity contribution is 8.01. The number of benzene rings is 2. The lowest BCUT2D eigenvalue weighted by atomic mass is 10.2. The molecule has 0 saturated carbocycles. The summed E-state index contributed by atoms with van der Waals surface area (Å²) in [6.45, 7) is 1.74. The number of thioether (sulfide) groups is 1. The van der Waals surface area contributed by atoms with Crippen LogP contribution >= 0.6 is 34.7 Å². The molecule has 2 heterocycles. The number of hydrogen-bond acceptors (Lipinski definition) is 9. The number of anilines is 2. The average Bonchev–Trinajstić information content (AvgIpc) is 3.25. The topological polar surface area (TPSA) is 111 Å². The lowest BCUT2D eigenvalue weighted by molar-refractivity contribution is -0.122. The maximum absolute atomic E-state index is 13.5. The van der Waals surface area contributed by atoms with Gasteiger partial charge < -0.3 is 9.47 Å². The SMILES string of the molecule is CCSc1nnc(NC(=O)[C@H]2CN(S(=O)(=O)c3ccc(OC)cc3)c3cc(Cl)ccc3O2)s1. The second-order valence-corrected chi connectivity index (χ2v) is 11.5. The molecular formula is C20H19ClN4O5S3. The Morgan fingerprint density at radius 3 is 2.76 bits per heavy atom. The third-order valence-corrected chi connectivity index (χ3v) is 8.52. The number of fused-ring (bicyclic) bond motifs is 1. The first-order valence-corrected chi connectivity index (χ1v) is 13.3. The van der Waals surface area contributed by atoms with Crippen LogP contribution in [0.2, 0.25) is 5.02 Å². The molecule has 0 bridgehead atoms. The largest absolute Gasteiger partial charge is 0.497 e. The highest BCUT2D eigenvalue weighted by atomic mass is 35.5. The molecule has 1 amide bonds. The quantitative estimate of drug-likeness (QED) is 0.364. The van der Waals surface area contributed by atoms with Crippen molar-refractivity contribution >= 4 is 61.4 Å². The van der Waals surface area contributed by atoms with E-state index in [4.69, 9.17) is 21.1 Å². The van der Waals surface area contributed by atoms with E-state index >= 15 is 0 Å². The second kappa shape index (κ2) is 9.75. The summed E-state index contributed by atoms with van der Waals surface area (Å²) in [5, 5.41) is 11.3. The van der Waals surface area contributed by atoms with Crippen LogP contribution in [-0.4, -0.2) is 50.0 Å². The van der Waals surface area contributed by atoms with Gasteiger partial charge in [-0.05, 0) is 48.2 Å². The van der Waals surface area contributed by atoms with Crippen LogP contribution in [0.4, 0.5) is 10.8 Å². The van der Waals surface area contributed by atoms with E-state index in [2.05, 4.69) is 15.5 Å². The first-order valence-electron chi connectivity index (χ1n) is 9.72. The summed E-state index contributed by atoms with van der Waals surface area (Å²) in [6.07, 6.45) is -1.11. The average molecular weight is 527 g/mol. The summed E-state index contributed by atoms with van der Waals surface area (Å²) >= 11 is 8.87. The fourth-order valence-corrected chi connectivity index (χ4v) is 6.38. The lowest BCUT2D eigenvalue weighted by Gasteiger charge is -2.34. The fraction of sp³-hybridized carbons (Fsp3) is 0.250. The zero-order valence-electron chi connectivity index (χ0n) is 17.5. The van der Waals surface area contributed by atoms with Gasteiger partial charge in [0.15, 0.2) is 10.4 Å². The Bertz CT molecular complexity index is 1270. The number of carbonyl (C=O) groups is 1. The normalized spacial score (nSPS) is 15.5. The van der Waals surface area contributed by atoms with Gasteiger partial charge in [0.1, 0.15) is 11.5 Å². The van der Waals surface area contributed by atoms with Crippen molar-refractivity contribution in [3.8, 4) is 11.5 Å². The Labute approximate surface area is 204 Å². The van der Waals surface area contributed by atoms with Gasteiger partial charge in [-0.3, -0.25) is 14.4 Å². The molecule has 0 spiro atoms. The van der Waals surface area contributed by atoms with Gasteiger partial charge in [-0.25, -0.2) is 8.42 Å². The molecule has 3 aromatic rings. The Morgan fingerprint density at radius 1 is 1.30 bits per heavy atom. The maximum atomic E-state index is 13.5. The first-order chi connectivity index (χ1) is 15.8. The number of ether oxygens (including phenoxy) is 2. The molecule has 1 atom stereocenters. The first kappa shape index (κ1) is 23.6. The third kappa shape index (κ3) is 5.03. The second-order valence-electron chi connectivity index (χ2n) is 6.73. The lowest BCUT2D eigenvalue weighted by Crippen LogP contribution is -2.48. The molecule has 13 heteroatoms. The number of amides is 1. The Kier molecular flexibility index (Phi) is 6.98. The van der Waals surface area contributed by atoms with E-state index < -0.39 is 22.0 Å². The van der Waals surface area contributed by atoms with Crippen LogP contribution in [0.1, 0.15) is 6.92 Å². The van der Waals surface area contributed by atoms with E-state index in [9.17, 15) is 13.2 Å². The van der Waals surface area contributed by atoms with E-state index in [1.807, 2.05) is 6.92 Å². The number of aromatic nitrogens is 2. The predicted molar refractivity (Wildman–Crippen MR) is 128 cm³/mol. The van der Waals surface area contributed by atoms with E-state index in [1.54, 1.807) is 18.2 Å². The number of hydrogen-bond donors (Lipinski definition) is 1. The van der Waals surface area contributed by atoms with Crippen molar-refractivity contribution in [3.63, 3.8) is 0 Å². The zero-order valence-corrected chi connectivity index (χ0v) is 20.7. The molecule has 0 fully saturated rings. The summed E-state index contributed by atoms with van der Waals surface area (Å²) in [6, 6.07) is 10.6. The molecule has 0 unspecified atom stereocenters. The molecule has 2 aromatic carbocycles. The van der Waals surface area contributed by atoms with Crippen LogP contribution in [0.5, 0.6) is 11.5 Å². The summed E-state index contributed by atoms with van der Waals surface area (Å²) in [7, 11) is -2.53. The molecule has 174 valence electrons. The highest BCUT2D eigenvalue weighted by Gasteiger charge is 2.38. The van der Waals surface area contributed by atoms with Crippen molar-refractivity contribution < 1.29 is 22.7 Å². The number of halogens is 1. The van der Waals surface area contributed by atoms with Crippen molar-refractivity contribution in [1.82, 2.24) is 10.2 Å². The van der Waals surface area contributed by atoms with Crippen LogP contribution < -0.4 is 19.1 Å². The molecule has 4 rings (SSSR count).